The van der Waals surface area contributed by atoms with Crippen molar-refractivity contribution in [3.8, 4) is 5.75 Å². The summed E-state index contributed by atoms with van der Waals surface area (Å²) in [6, 6.07) is 16.5. The van der Waals surface area contributed by atoms with E-state index in [9.17, 15) is 9.59 Å². The molecule has 0 heterocycles. The number of amides is 1. The molecule has 0 aromatic heterocycles. The summed E-state index contributed by atoms with van der Waals surface area (Å²) in [4.78, 5) is 24.6. The van der Waals surface area contributed by atoms with E-state index in [2.05, 4.69) is 5.32 Å². The van der Waals surface area contributed by atoms with Crippen LogP contribution >= 0.6 is 0 Å². The predicted molar refractivity (Wildman–Crippen MR) is 101 cm³/mol. The number of methoxy groups -OCH3 is 1. The number of rotatable bonds is 8. The van der Waals surface area contributed by atoms with Crippen molar-refractivity contribution in [2.75, 3.05) is 19.0 Å². The maximum Gasteiger partial charge on any atom is 0.314 e. The van der Waals surface area contributed by atoms with Crippen LogP contribution in [0.2, 0.25) is 0 Å². The molecule has 138 valence electrons. The van der Waals surface area contributed by atoms with Crippen LogP contribution in [-0.4, -0.2) is 25.6 Å². The van der Waals surface area contributed by atoms with Crippen LogP contribution in [0.3, 0.4) is 0 Å². The summed E-state index contributed by atoms with van der Waals surface area (Å²) in [5, 5.41) is 2.70. The molecule has 1 amide bonds. The molecule has 0 fully saturated rings. The molecule has 26 heavy (non-hydrogen) atoms. The summed E-state index contributed by atoms with van der Waals surface area (Å²) in [6.07, 6.45) is 0.840. The number of nitrogens with one attached hydrogen (secondary N) is 1. The Hall–Kier alpha value is -2.82. The van der Waals surface area contributed by atoms with Gasteiger partial charge in [0, 0.05) is 5.69 Å². The molecule has 0 saturated carbocycles. The molecule has 2 aromatic rings. The fourth-order valence-electron chi connectivity index (χ4n) is 2.69. The normalized spacial score (nSPS) is 12.7. The quantitative estimate of drug-likeness (QED) is 0.727. The summed E-state index contributed by atoms with van der Waals surface area (Å²) in [6.45, 7) is 3.73. The van der Waals surface area contributed by atoms with E-state index in [-0.39, 0.29) is 30.3 Å². The molecule has 0 radical (unpaired) electrons. The lowest BCUT2D eigenvalue weighted by Gasteiger charge is -2.21. The van der Waals surface area contributed by atoms with Gasteiger partial charge in [0.1, 0.15) is 5.75 Å². The fraction of sp³-hybridized carbons (Fsp3) is 0.333. The van der Waals surface area contributed by atoms with Crippen LogP contribution in [0, 0.1) is 5.92 Å². The molecule has 2 aromatic carbocycles. The highest BCUT2D eigenvalue weighted by Crippen LogP contribution is 2.28. The highest BCUT2D eigenvalue weighted by molar-refractivity contribution is 5.93. The van der Waals surface area contributed by atoms with Crippen LogP contribution < -0.4 is 10.1 Å². The molecule has 2 atom stereocenters. The molecule has 2 rings (SSSR count). The Morgan fingerprint density at radius 2 is 1.69 bits per heavy atom. The Bertz CT molecular complexity index is 713. The number of ether oxygens (including phenoxy) is 2. The summed E-state index contributed by atoms with van der Waals surface area (Å²) < 4.78 is 10.4. The Morgan fingerprint density at radius 1 is 1.04 bits per heavy atom. The van der Waals surface area contributed by atoms with E-state index in [4.69, 9.17) is 9.47 Å². The third kappa shape index (κ3) is 5.34. The lowest BCUT2D eigenvalue weighted by Crippen LogP contribution is -2.26. The smallest absolute Gasteiger partial charge is 0.314 e. The lowest BCUT2D eigenvalue weighted by atomic mass is 9.86. The first-order chi connectivity index (χ1) is 12.5. The first-order valence-corrected chi connectivity index (χ1v) is 8.70. The van der Waals surface area contributed by atoms with E-state index in [1.54, 1.807) is 31.4 Å². The van der Waals surface area contributed by atoms with E-state index >= 15 is 0 Å². The molecule has 1 N–H and O–H groups in total. The van der Waals surface area contributed by atoms with Crippen molar-refractivity contribution in [2.45, 2.75) is 26.2 Å². The maximum absolute atomic E-state index is 12.6. The van der Waals surface area contributed by atoms with Crippen molar-refractivity contribution in [1.82, 2.24) is 0 Å². The van der Waals surface area contributed by atoms with Crippen LogP contribution in [-0.2, 0) is 14.3 Å². The number of anilines is 1. The van der Waals surface area contributed by atoms with Crippen molar-refractivity contribution >= 4 is 17.6 Å². The molecular weight excluding hydrogens is 330 g/mol. The Balaban J connectivity index is 1.95. The number of hydrogen-bond donors (Lipinski definition) is 1. The van der Waals surface area contributed by atoms with E-state index in [1.807, 2.05) is 44.2 Å². The zero-order valence-corrected chi connectivity index (χ0v) is 15.4. The minimum absolute atomic E-state index is 0.120. The van der Waals surface area contributed by atoms with Gasteiger partial charge in [-0.3, -0.25) is 9.59 Å². The largest absolute Gasteiger partial charge is 0.497 e. The van der Waals surface area contributed by atoms with Crippen molar-refractivity contribution in [3.63, 3.8) is 0 Å². The average Bonchev–Trinajstić information content (AvgIpc) is 2.68. The van der Waals surface area contributed by atoms with Gasteiger partial charge in [0.15, 0.2) is 6.61 Å². The molecule has 0 aliphatic heterocycles. The Kier molecular flexibility index (Phi) is 7.21. The minimum Gasteiger partial charge on any atom is -0.497 e. The van der Waals surface area contributed by atoms with Crippen molar-refractivity contribution < 1.29 is 19.1 Å². The first-order valence-electron chi connectivity index (χ1n) is 8.70. The van der Waals surface area contributed by atoms with Crippen molar-refractivity contribution in [1.29, 1.82) is 0 Å². The Morgan fingerprint density at radius 3 is 2.27 bits per heavy atom. The number of esters is 1. The van der Waals surface area contributed by atoms with Crippen LogP contribution in [0.4, 0.5) is 5.69 Å². The fourth-order valence-corrected chi connectivity index (χ4v) is 2.69. The molecule has 0 unspecified atom stereocenters. The topological polar surface area (TPSA) is 64.6 Å². The molecular formula is C21H25NO4. The summed E-state index contributed by atoms with van der Waals surface area (Å²) >= 11 is 0. The highest BCUT2D eigenvalue weighted by Gasteiger charge is 2.27. The van der Waals surface area contributed by atoms with Gasteiger partial charge < -0.3 is 14.8 Å². The van der Waals surface area contributed by atoms with Gasteiger partial charge in [-0.2, -0.15) is 0 Å². The van der Waals surface area contributed by atoms with Gasteiger partial charge in [0.05, 0.1) is 13.0 Å². The molecule has 5 heteroatoms. The number of hydrogen-bond acceptors (Lipinski definition) is 4. The average molecular weight is 355 g/mol. The maximum atomic E-state index is 12.6. The molecule has 5 nitrogen and oxygen atoms in total. The van der Waals surface area contributed by atoms with Crippen LogP contribution in [0.1, 0.15) is 31.7 Å². The first kappa shape index (κ1) is 19.5. The van der Waals surface area contributed by atoms with Gasteiger partial charge in [0.2, 0.25) is 0 Å². The predicted octanol–water partition coefficient (Wildman–Crippen LogP) is 4.01. The summed E-state index contributed by atoms with van der Waals surface area (Å²) in [7, 11) is 1.58. The summed E-state index contributed by atoms with van der Waals surface area (Å²) in [5.74, 6) is -0.312. The SMILES string of the molecule is CC[C@H](C)[C@H](C(=O)OCC(=O)Nc1ccc(OC)cc1)c1ccccc1. The molecule has 0 bridgehead atoms. The molecule has 0 aliphatic carbocycles. The van der Waals surface area contributed by atoms with Gasteiger partial charge in [-0.15, -0.1) is 0 Å². The zero-order valence-electron chi connectivity index (χ0n) is 15.4. The lowest BCUT2D eigenvalue weighted by molar-refractivity contribution is -0.150. The number of benzene rings is 2. The Labute approximate surface area is 154 Å². The number of carbonyl (C=O) groups excluding carboxylic acids is 2. The van der Waals surface area contributed by atoms with E-state index in [0.29, 0.717) is 11.4 Å². The van der Waals surface area contributed by atoms with Crippen molar-refractivity contribution in [2.24, 2.45) is 5.92 Å². The minimum atomic E-state index is -0.380. The second kappa shape index (κ2) is 9.61. The van der Waals surface area contributed by atoms with E-state index < -0.39 is 0 Å². The second-order valence-electron chi connectivity index (χ2n) is 6.16. The van der Waals surface area contributed by atoms with Gasteiger partial charge in [-0.05, 0) is 35.7 Å². The molecule has 0 spiro atoms. The number of carbonyl (C=O) groups is 2. The third-order valence-corrected chi connectivity index (χ3v) is 4.34. The van der Waals surface area contributed by atoms with E-state index in [0.717, 1.165) is 12.0 Å². The monoisotopic (exact) mass is 355 g/mol. The van der Waals surface area contributed by atoms with Gasteiger partial charge in [-0.1, -0.05) is 50.6 Å². The van der Waals surface area contributed by atoms with Crippen LogP contribution in [0.25, 0.3) is 0 Å². The van der Waals surface area contributed by atoms with Gasteiger partial charge >= 0.3 is 5.97 Å². The van der Waals surface area contributed by atoms with Gasteiger partial charge in [-0.25, -0.2) is 0 Å². The van der Waals surface area contributed by atoms with Crippen molar-refractivity contribution in [3.05, 3.63) is 60.2 Å². The second-order valence-corrected chi connectivity index (χ2v) is 6.16. The molecule has 0 saturated heterocycles. The van der Waals surface area contributed by atoms with Crippen LogP contribution in [0.5, 0.6) is 5.75 Å². The standard InChI is InChI=1S/C21H25NO4/c1-4-15(2)20(16-8-6-5-7-9-16)21(24)26-14-19(23)22-17-10-12-18(25-3)13-11-17/h5-13,15,20H,4,14H2,1-3H3,(H,22,23)/t15-,20-/m0/s1. The summed E-state index contributed by atoms with van der Waals surface area (Å²) in [5.41, 5.74) is 1.52. The van der Waals surface area contributed by atoms with E-state index in [1.165, 1.54) is 0 Å². The van der Waals surface area contributed by atoms with Gasteiger partial charge in [0.25, 0.3) is 5.91 Å². The third-order valence-electron chi connectivity index (χ3n) is 4.34. The van der Waals surface area contributed by atoms with Crippen LogP contribution in [0.15, 0.2) is 54.6 Å². The molecule has 0 aliphatic rings. The zero-order chi connectivity index (χ0) is 18.9. The highest BCUT2D eigenvalue weighted by atomic mass is 16.5.